The molecule has 0 aromatic rings. The average molecular weight is 254 g/mol. The Hall–Kier alpha value is -0.0831. The zero-order valence-corrected chi connectivity index (χ0v) is 13.2. The van der Waals surface area contributed by atoms with Crippen molar-refractivity contribution in [1.82, 2.24) is 4.90 Å². The zero-order chi connectivity index (χ0) is 12.6. The molecular formula is C15H31NSi. The molecule has 1 aliphatic heterocycles. The number of allylic oxidation sites excluding steroid dienone is 2. The van der Waals surface area contributed by atoms with Gasteiger partial charge in [0.1, 0.15) is 0 Å². The Balaban J connectivity index is 2.44. The molecule has 1 aliphatic rings. The van der Waals surface area contributed by atoms with Gasteiger partial charge in [0, 0.05) is 13.1 Å². The Morgan fingerprint density at radius 1 is 1.06 bits per heavy atom. The lowest BCUT2D eigenvalue weighted by Gasteiger charge is -2.30. The fourth-order valence-electron chi connectivity index (χ4n) is 3.08. The van der Waals surface area contributed by atoms with E-state index in [1.54, 1.807) is 18.1 Å². The summed E-state index contributed by atoms with van der Waals surface area (Å²) in [7, 11) is -0.969. The second-order valence-electron chi connectivity index (χ2n) is 5.72. The summed E-state index contributed by atoms with van der Waals surface area (Å²) in [5, 5.41) is 0. The molecule has 2 heteroatoms. The van der Waals surface area contributed by atoms with Crippen molar-refractivity contribution in [3.05, 3.63) is 12.2 Å². The highest BCUT2D eigenvalue weighted by atomic mass is 28.3. The Morgan fingerprint density at radius 3 is 2.18 bits per heavy atom. The summed E-state index contributed by atoms with van der Waals surface area (Å²) in [6.07, 6.45) is 8.97. The van der Waals surface area contributed by atoms with E-state index >= 15 is 0 Å². The van der Waals surface area contributed by atoms with E-state index in [0.717, 1.165) is 0 Å². The van der Waals surface area contributed by atoms with Crippen molar-refractivity contribution in [1.29, 1.82) is 0 Å². The molecule has 0 aromatic carbocycles. The minimum atomic E-state index is -0.969. The summed E-state index contributed by atoms with van der Waals surface area (Å²) in [5.74, 6) is 0. The van der Waals surface area contributed by atoms with Gasteiger partial charge in [0.15, 0.2) is 0 Å². The van der Waals surface area contributed by atoms with E-state index in [1.807, 2.05) is 0 Å². The Bertz CT molecular complexity index is 215. The van der Waals surface area contributed by atoms with Crippen LogP contribution in [0.15, 0.2) is 12.2 Å². The summed E-state index contributed by atoms with van der Waals surface area (Å²) in [4.78, 5) is 2.58. The zero-order valence-electron chi connectivity index (χ0n) is 12.2. The van der Waals surface area contributed by atoms with E-state index in [2.05, 4.69) is 37.8 Å². The standard InChI is InChI=1S/C15H31NSi/c1-4-7-14-17(12-5-2,13-6-3)15-8-9-16-10-11-16/h4,7H,5-6,8-15H2,1-3H3/b7-4+. The van der Waals surface area contributed by atoms with Gasteiger partial charge in [0.05, 0.1) is 8.07 Å². The van der Waals surface area contributed by atoms with Gasteiger partial charge in [-0.25, -0.2) is 0 Å². The van der Waals surface area contributed by atoms with Gasteiger partial charge < -0.3 is 4.90 Å². The summed E-state index contributed by atoms with van der Waals surface area (Å²) in [6.45, 7) is 11.0. The van der Waals surface area contributed by atoms with Crippen LogP contribution in [0, 0.1) is 0 Å². The molecule has 0 amide bonds. The molecule has 0 aliphatic carbocycles. The summed E-state index contributed by atoms with van der Waals surface area (Å²) >= 11 is 0. The van der Waals surface area contributed by atoms with Crippen LogP contribution in [0.2, 0.25) is 24.2 Å². The van der Waals surface area contributed by atoms with Crippen LogP contribution in [0.3, 0.4) is 0 Å². The Kier molecular flexibility index (Phi) is 7.13. The van der Waals surface area contributed by atoms with E-state index in [0.29, 0.717) is 0 Å². The average Bonchev–Trinajstić information content (AvgIpc) is 3.11. The monoisotopic (exact) mass is 253 g/mol. The van der Waals surface area contributed by atoms with Crippen LogP contribution in [0.1, 0.15) is 40.0 Å². The van der Waals surface area contributed by atoms with E-state index in [1.165, 1.54) is 44.9 Å². The minimum Gasteiger partial charge on any atom is -0.301 e. The summed E-state index contributed by atoms with van der Waals surface area (Å²) in [6, 6.07) is 6.09. The van der Waals surface area contributed by atoms with Crippen molar-refractivity contribution in [2.24, 2.45) is 0 Å². The van der Waals surface area contributed by atoms with Gasteiger partial charge in [-0.15, -0.1) is 0 Å². The number of nitrogens with zero attached hydrogens (tertiary/aromatic N) is 1. The predicted octanol–water partition coefficient (Wildman–Crippen LogP) is 4.54. The molecule has 0 saturated carbocycles. The third kappa shape index (κ3) is 5.87. The van der Waals surface area contributed by atoms with E-state index < -0.39 is 8.07 Å². The first-order chi connectivity index (χ1) is 8.26. The molecule has 1 nitrogen and oxygen atoms in total. The van der Waals surface area contributed by atoms with Crippen LogP contribution in [-0.2, 0) is 0 Å². The highest BCUT2D eigenvalue weighted by Crippen LogP contribution is 2.31. The molecule has 0 unspecified atom stereocenters. The number of rotatable bonds is 10. The number of hydrogen-bond acceptors (Lipinski definition) is 1. The molecule has 1 saturated heterocycles. The van der Waals surface area contributed by atoms with Gasteiger partial charge >= 0.3 is 0 Å². The van der Waals surface area contributed by atoms with Gasteiger partial charge in [0.25, 0.3) is 0 Å². The normalized spacial score (nSPS) is 16.9. The molecule has 17 heavy (non-hydrogen) atoms. The van der Waals surface area contributed by atoms with Gasteiger partial charge in [-0.05, 0) is 25.9 Å². The quantitative estimate of drug-likeness (QED) is 0.314. The molecule has 0 spiro atoms. The van der Waals surface area contributed by atoms with Crippen LogP contribution in [-0.4, -0.2) is 32.6 Å². The molecule has 1 fully saturated rings. The Labute approximate surface area is 109 Å². The second kappa shape index (κ2) is 8.10. The maximum atomic E-state index is 2.58. The summed E-state index contributed by atoms with van der Waals surface area (Å²) in [5.41, 5.74) is 0. The molecule has 100 valence electrons. The molecule has 0 radical (unpaired) electrons. The molecular weight excluding hydrogens is 222 g/mol. The SMILES string of the molecule is C/C=C/C[Si](CCC)(CCC)CCCN1CC1. The van der Waals surface area contributed by atoms with Crippen LogP contribution < -0.4 is 0 Å². The molecule has 0 bridgehead atoms. The number of hydrogen-bond donors (Lipinski definition) is 0. The molecule has 1 heterocycles. The van der Waals surface area contributed by atoms with Crippen molar-refractivity contribution in [2.75, 3.05) is 19.6 Å². The van der Waals surface area contributed by atoms with Crippen LogP contribution >= 0.6 is 0 Å². The first-order valence-corrected chi connectivity index (χ1v) is 10.4. The molecule has 0 aromatic heterocycles. The lowest BCUT2D eigenvalue weighted by atomic mass is 10.5. The highest BCUT2D eigenvalue weighted by Gasteiger charge is 2.29. The minimum absolute atomic E-state index is 0.969. The summed E-state index contributed by atoms with van der Waals surface area (Å²) < 4.78 is 0. The first-order valence-electron chi connectivity index (χ1n) is 7.60. The van der Waals surface area contributed by atoms with Gasteiger partial charge in [-0.3, -0.25) is 0 Å². The van der Waals surface area contributed by atoms with Gasteiger partial charge in [-0.1, -0.05) is 57.0 Å². The topological polar surface area (TPSA) is 3.01 Å². The molecule has 0 atom stereocenters. The Morgan fingerprint density at radius 2 is 1.71 bits per heavy atom. The highest BCUT2D eigenvalue weighted by molar-refractivity contribution is 6.80. The largest absolute Gasteiger partial charge is 0.301 e. The fourth-order valence-corrected chi connectivity index (χ4v) is 8.21. The third-order valence-electron chi connectivity index (χ3n) is 4.07. The molecule has 0 N–H and O–H groups in total. The third-order valence-corrected chi connectivity index (χ3v) is 9.71. The predicted molar refractivity (Wildman–Crippen MR) is 81.4 cm³/mol. The van der Waals surface area contributed by atoms with E-state index in [9.17, 15) is 0 Å². The van der Waals surface area contributed by atoms with Crippen LogP contribution in [0.5, 0.6) is 0 Å². The molecule has 1 rings (SSSR count). The van der Waals surface area contributed by atoms with Crippen molar-refractivity contribution in [3.63, 3.8) is 0 Å². The maximum Gasteiger partial charge on any atom is 0.0573 e. The maximum absolute atomic E-state index is 2.58. The first kappa shape index (κ1) is 15.0. The van der Waals surface area contributed by atoms with Crippen molar-refractivity contribution < 1.29 is 0 Å². The fraction of sp³-hybridized carbons (Fsp3) is 0.867. The second-order valence-corrected chi connectivity index (χ2v) is 10.6. The van der Waals surface area contributed by atoms with Crippen LogP contribution in [0.4, 0.5) is 0 Å². The van der Waals surface area contributed by atoms with Crippen molar-refractivity contribution in [2.45, 2.75) is 64.2 Å². The van der Waals surface area contributed by atoms with E-state index in [-0.39, 0.29) is 0 Å². The van der Waals surface area contributed by atoms with E-state index in [4.69, 9.17) is 0 Å². The van der Waals surface area contributed by atoms with Crippen LogP contribution in [0.25, 0.3) is 0 Å². The lowest BCUT2D eigenvalue weighted by molar-refractivity contribution is 0.548. The van der Waals surface area contributed by atoms with Crippen molar-refractivity contribution in [3.8, 4) is 0 Å². The van der Waals surface area contributed by atoms with Gasteiger partial charge in [0.2, 0.25) is 0 Å². The lowest BCUT2D eigenvalue weighted by Crippen LogP contribution is -2.33. The van der Waals surface area contributed by atoms with Gasteiger partial charge in [-0.2, -0.15) is 0 Å². The smallest absolute Gasteiger partial charge is 0.0573 e. The van der Waals surface area contributed by atoms with Crippen molar-refractivity contribution >= 4 is 8.07 Å².